The number of hydrogen-bond acceptors (Lipinski definition) is 9. The Morgan fingerprint density at radius 1 is 1.34 bits per heavy atom. The number of imide groups is 1. The van der Waals surface area contributed by atoms with E-state index in [-0.39, 0.29) is 17.7 Å². The largest absolute Gasteiger partial charge is 0.477 e. The molecule has 4 amide bonds. The Bertz CT molecular complexity index is 865. The van der Waals surface area contributed by atoms with E-state index in [4.69, 9.17) is 10.5 Å². The Labute approximate surface area is 173 Å². The standard InChI is InChI=1S/C16H17N3O8S2/c1-26-16(18-10(20)5-9-3-2-4-29-9)13(23)19(14(16)24)11(12(21)22)8(7-28)6-27-15(17)25/h2-4,28H,5-7H2,1H3,(H2,17,25)(H,18,20)(H,21,22). The van der Waals surface area contributed by atoms with Gasteiger partial charge in [-0.3, -0.25) is 14.4 Å². The molecule has 2 rings (SSSR count). The molecule has 1 aromatic heterocycles. The molecule has 1 saturated heterocycles. The minimum atomic E-state index is -2.35. The predicted octanol–water partition coefficient (Wildman–Crippen LogP) is -0.518. The maximum absolute atomic E-state index is 12.7. The topological polar surface area (TPSA) is 165 Å². The van der Waals surface area contributed by atoms with E-state index >= 15 is 0 Å². The van der Waals surface area contributed by atoms with Crippen LogP contribution in [0.3, 0.4) is 0 Å². The predicted molar refractivity (Wildman–Crippen MR) is 102 cm³/mol. The van der Waals surface area contributed by atoms with Gasteiger partial charge in [-0.2, -0.15) is 12.6 Å². The van der Waals surface area contributed by atoms with Crippen molar-refractivity contribution in [3.8, 4) is 0 Å². The highest BCUT2D eigenvalue weighted by molar-refractivity contribution is 7.80. The number of methoxy groups -OCH3 is 1. The number of carbonyl (C=O) groups is 5. The third-order valence-corrected chi connectivity index (χ3v) is 5.14. The number of hydrogen-bond donors (Lipinski definition) is 4. The van der Waals surface area contributed by atoms with E-state index in [1.165, 1.54) is 11.3 Å². The molecule has 2 heterocycles. The highest BCUT2D eigenvalue weighted by Gasteiger charge is 2.65. The van der Waals surface area contributed by atoms with E-state index in [0.717, 1.165) is 7.11 Å². The van der Waals surface area contributed by atoms with Crippen LogP contribution in [0.4, 0.5) is 4.79 Å². The number of carbonyl (C=O) groups excluding carboxylic acids is 4. The van der Waals surface area contributed by atoms with Crippen LogP contribution in [-0.2, 0) is 35.1 Å². The lowest BCUT2D eigenvalue weighted by Crippen LogP contribution is -2.79. The molecule has 0 spiro atoms. The van der Waals surface area contributed by atoms with Crippen LogP contribution in [0.5, 0.6) is 0 Å². The van der Waals surface area contributed by atoms with Crippen molar-refractivity contribution in [1.82, 2.24) is 10.2 Å². The van der Waals surface area contributed by atoms with Gasteiger partial charge in [0.2, 0.25) is 5.91 Å². The number of thiol groups is 1. The van der Waals surface area contributed by atoms with Gasteiger partial charge in [-0.1, -0.05) is 6.07 Å². The van der Waals surface area contributed by atoms with Crippen molar-refractivity contribution in [2.24, 2.45) is 5.73 Å². The first-order chi connectivity index (χ1) is 13.7. The number of rotatable bonds is 9. The van der Waals surface area contributed by atoms with Crippen LogP contribution in [-0.4, -0.2) is 65.0 Å². The van der Waals surface area contributed by atoms with Gasteiger partial charge in [0.25, 0.3) is 11.8 Å². The van der Waals surface area contributed by atoms with Crippen LogP contribution in [0.15, 0.2) is 28.8 Å². The van der Waals surface area contributed by atoms with Crippen LogP contribution in [0, 0.1) is 0 Å². The van der Waals surface area contributed by atoms with Crippen LogP contribution >= 0.6 is 24.0 Å². The number of nitrogens with zero attached hydrogens (tertiary/aromatic N) is 1. The first kappa shape index (κ1) is 22.4. The molecular formula is C16H17N3O8S2. The Morgan fingerprint density at radius 2 is 2.00 bits per heavy atom. The lowest BCUT2D eigenvalue weighted by atomic mass is 9.97. The van der Waals surface area contributed by atoms with Crippen molar-refractivity contribution in [3.05, 3.63) is 33.7 Å². The Hall–Kier alpha value is -2.90. The molecule has 0 aromatic carbocycles. The third kappa shape index (κ3) is 4.41. The zero-order chi connectivity index (χ0) is 21.8. The molecule has 0 saturated carbocycles. The van der Waals surface area contributed by atoms with Crippen molar-refractivity contribution < 1.29 is 38.6 Å². The van der Waals surface area contributed by atoms with E-state index in [1.54, 1.807) is 17.5 Å². The first-order valence-corrected chi connectivity index (χ1v) is 9.45. The molecule has 156 valence electrons. The van der Waals surface area contributed by atoms with Crippen molar-refractivity contribution >= 4 is 53.7 Å². The lowest BCUT2D eigenvalue weighted by molar-refractivity contribution is -0.196. The fourth-order valence-corrected chi connectivity index (χ4v) is 3.49. The smallest absolute Gasteiger partial charge is 0.404 e. The first-order valence-electron chi connectivity index (χ1n) is 7.93. The molecule has 0 atom stereocenters. The maximum atomic E-state index is 12.7. The summed E-state index contributed by atoms with van der Waals surface area (Å²) in [5.74, 6) is -4.78. The number of nitrogens with two attached hydrogens (primary N) is 1. The molecule has 0 unspecified atom stereocenters. The van der Waals surface area contributed by atoms with Gasteiger partial charge in [0.15, 0.2) is 0 Å². The number of thiophene rings is 1. The second-order valence-corrected chi connectivity index (χ2v) is 7.01. The van der Waals surface area contributed by atoms with E-state index in [9.17, 15) is 29.1 Å². The minimum Gasteiger partial charge on any atom is -0.477 e. The van der Waals surface area contributed by atoms with E-state index in [1.807, 2.05) is 0 Å². The molecule has 29 heavy (non-hydrogen) atoms. The number of β-lactam (4-membered cyclic amide) rings is 2. The molecule has 0 aliphatic carbocycles. The van der Waals surface area contributed by atoms with Crippen molar-refractivity contribution in [2.75, 3.05) is 19.5 Å². The van der Waals surface area contributed by atoms with Crippen LogP contribution < -0.4 is 11.1 Å². The average molecular weight is 443 g/mol. The summed E-state index contributed by atoms with van der Waals surface area (Å²) >= 11 is 5.25. The van der Waals surface area contributed by atoms with Gasteiger partial charge in [0.1, 0.15) is 12.3 Å². The molecule has 0 bridgehead atoms. The summed E-state index contributed by atoms with van der Waals surface area (Å²) in [4.78, 5) is 61.1. The second-order valence-electron chi connectivity index (χ2n) is 5.66. The number of ether oxygens (including phenoxy) is 2. The second kappa shape index (κ2) is 9.07. The van der Waals surface area contributed by atoms with Crippen molar-refractivity contribution in [3.63, 3.8) is 0 Å². The Morgan fingerprint density at radius 3 is 2.45 bits per heavy atom. The number of primary amides is 1. The van der Waals surface area contributed by atoms with Crippen LogP contribution in [0.1, 0.15) is 4.88 Å². The van der Waals surface area contributed by atoms with Crippen molar-refractivity contribution in [1.29, 1.82) is 0 Å². The Kier molecular flexibility index (Phi) is 7.00. The lowest BCUT2D eigenvalue weighted by Gasteiger charge is -2.44. The monoisotopic (exact) mass is 443 g/mol. The van der Waals surface area contributed by atoms with Crippen molar-refractivity contribution in [2.45, 2.75) is 12.1 Å². The zero-order valence-electron chi connectivity index (χ0n) is 15.0. The van der Waals surface area contributed by atoms with Gasteiger partial charge in [0, 0.05) is 23.3 Å². The molecule has 0 radical (unpaired) electrons. The van der Waals surface area contributed by atoms with Crippen LogP contribution in [0.25, 0.3) is 0 Å². The highest BCUT2D eigenvalue weighted by Crippen LogP contribution is 2.32. The highest BCUT2D eigenvalue weighted by atomic mass is 32.1. The molecule has 1 aromatic rings. The average Bonchev–Trinajstić information content (AvgIpc) is 3.17. The summed E-state index contributed by atoms with van der Waals surface area (Å²) in [5, 5.41) is 13.4. The van der Waals surface area contributed by atoms with Gasteiger partial charge in [-0.15, -0.1) is 11.3 Å². The minimum absolute atomic E-state index is 0.0979. The molecule has 13 heteroatoms. The SMILES string of the molecule is COC1(NC(=O)Cc2cccs2)C(=O)N(C(C(=O)O)=C(CS)COC(N)=O)C1=O. The molecule has 11 nitrogen and oxygen atoms in total. The van der Waals surface area contributed by atoms with E-state index in [2.05, 4.69) is 22.7 Å². The van der Waals surface area contributed by atoms with Gasteiger partial charge in [-0.25, -0.2) is 14.5 Å². The fraction of sp³-hybridized carbons (Fsp3) is 0.312. The van der Waals surface area contributed by atoms with Crippen LogP contribution in [0.2, 0.25) is 0 Å². The number of amides is 4. The molecule has 1 fully saturated rings. The summed E-state index contributed by atoms with van der Waals surface area (Å²) in [5.41, 5.74) is 1.60. The summed E-state index contributed by atoms with van der Waals surface area (Å²) < 4.78 is 9.49. The zero-order valence-corrected chi connectivity index (χ0v) is 16.7. The molecule has 4 N–H and O–H groups in total. The number of likely N-dealkylation sites (tertiary alicyclic amines) is 1. The number of aliphatic carboxylic acids is 1. The van der Waals surface area contributed by atoms with Gasteiger partial charge < -0.3 is 25.6 Å². The molecule has 1 aliphatic heterocycles. The summed E-state index contributed by atoms with van der Waals surface area (Å²) in [6.07, 6.45) is -1.28. The van der Waals surface area contributed by atoms with Gasteiger partial charge in [-0.05, 0) is 11.4 Å². The summed E-state index contributed by atoms with van der Waals surface area (Å²) in [6.45, 7) is -0.595. The van der Waals surface area contributed by atoms with E-state index in [0.29, 0.717) is 9.78 Å². The van der Waals surface area contributed by atoms with Gasteiger partial charge >= 0.3 is 17.8 Å². The fourth-order valence-electron chi connectivity index (χ4n) is 2.55. The summed E-state index contributed by atoms with van der Waals surface area (Å²) in [6, 6.07) is 3.43. The molecule has 1 aliphatic rings. The number of nitrogens with one attached hydrogen (secondary N) is 1. The Balaban J connectivity index is 2.28. The number of carboxylic acids is 1. The maximum Gasteiger partial charge on any atom is 0.404 e. The summed E-state index contributed by atoms with van der Waals surface area (Å²) in [7, 11) is 1.03. The van der Waals surface area contributed by atoms with E-state index < -0.39 is 47.8 Å². The van der Waals surface area contributed by atoms with Gasteiger partial charge in [0.05, 0.1) is 6.42 Å². The molecular weight excluding hydrogens is 426 g/mol. The normalized spacial score (nSPS) is 16.0. The quantitative estimate of drug-likeness (QED) is 0.130. The number of carboxylic acid groups (broad SMARTS) is 1. The third-order valence-electron chi connectivity index (χ3n) is 3.89.